The summed E-state index contributed by atoms with van der Waals surface area (Å²) >= 11 is 5.50. The number of alkyl halides is 1. The number of rotatable bonds is 2. The normalized spacial score (nSPS) is 14.8. The molecule has 5 nitrogen and oxygen atoms in total. The van der Waals surface area contributed by atoms with Gasteiger partial charge in [-0.2, -0.15) is 0 Å². The fourth-order valence-corrected chi connectivity index (χ4v) is 2.08. The van der Waals surface area contributed by atoms with E-state index in [0.717, 1.165) is 0 Å². The lowest BCUT2D eigenvalue weighted by molar-refractivity contribution is -0.129. The molecular formula is C12H15Cl2N3O2. The van der Waals surface area contributed by atoms with Crippen LogP contribution in [0.25, 0.3) is 0 Å². The highest BCUT2D eigenvalue weighted by molar-refractivity contribution is 6.27. The number of carbonyl (C=O) groups excluding carboxylic acids is 2. The molecule has 2 rings (SSSR count). The second-order valence-corrected chi connectivity index (χ2v) is 4.32. The van der Waals surface area contributed by atoms with Crippen LogP contribution in [-0.4, -0.2) is 58.7 Å². The van der Waals surface area contributed by atoms with Gasteiger partial charge in [-0.1, -0.05) is 0 Å². The van der Waals surface area contributed by atoms with Crippen LogP contribution in [-0.2, 0) is 4.79 Å². The van der Waals surface area contributed by atoms with E-state index in [2.05, 4.69) is 4.98 Å². The molecule has 0 radical (unpaired) electrons. The Morgan fingerprint density at radius 2 is 1.84 bits per heavy atom. The lowest BCUT2D eigenvalue weighted by Crippen LogP contribution is -2.51. The van der Waals surface area contributed by atoms with Crippen LogP contribution in [0.1, 0.15) is 10.4 Å². The van der Waals surface area contributed by atoms with Gasteiger partial charge in [-0.3, -0.25) is 14.6 Å². The fraction of sp³-hybridized carbons (Fsp3) is 0.417. The Hall–Kier alpha value is -1.33. The molecule has 0 aromatic carbocycles. The molecule has 104 valence electrons. The summed E-state index contributed by atoms with van der Waals surface area (Å²) in [5.74, 6) is -0.123. The molecule has 7 heteroatoms. The smallest absolute Gasteiger partial charge is 0.255 e. The van der Waals surface area contributed by atoms with E-state index in [0.29, 0.717) is 31.7 Å². The second kappa shape index (κ2) is 7.31. The Balaban J connectivity index is 0.00000180. The van der Waals surface area contributed by atoms with Crippen molar-refractivity contribution in [3.8, 4) is 0 Å². The van der Waals surface area contributed by atoms with Crippen LogP contribution < -0.4 is 0 Å². The summed E-state index contributed by atoms with van der Waals surface area (Å²) in [4.78, 5) is 30.8. The van der Waals surface area contributed by atoms with Gasteiger partial charge in [-0.25, -0.2) is 0 Å². The van der Waals surface area contributed by atoms with Crippen LogP contribution >= 0.6 is 24.0 Å². The van der Waals surface area contributed by atoms with Gasteiger partial charge in [0.1, 0.15) is 5.88 Å². The summed E-state index contributed by atoms with van der Waals surface area (Å²) in [6.07, 6.45) is 3.19. The Kier molecular flexibility index (Phi) is 6.05. The topological polar surface area (TPSA) is 53.5 Å². The maximum Gasteiger partial charge on any atom is 0.255 e. The van der Waals surface area contributed by atoms with Crippen LogP contribution in [0.4, 0.5) is 0 Å². The number of hydrogen-bond donors (Lipinski definition) is 0. The third kappa shape index (κ3) is 3.81. The maximum absolute atomic E-state index is 12.1. The molecule has 0 atom stereocenters. The molecule has 1 aliphatic heterocycles. The number of hydrogen-bond acceptors (Lipinski definition) is 3. The average molecular weight is 304 g/mol. The molecule has 19 heavy (non-hydrogen) atoms. The van der Waals surface area contributed by atoms with E-state index in [1.54, 1.807) is 34.3 Å². The zero-order valence-corrected chi connectivity index (χ0v) is 11.9. The van der Waals surface area contributed by atoms with Crippen molar-refractivity contribution < 1.29 is 9.59 Å². The lowest BCUT2D eigenvalue weighted by atomic mass is 10.2. The minimum absolute atomic E-state index is 0. The minimum atomic E-state index is -0.0786. The minimum Gasteiger partial charge on any atom is -0.338 e. The zero-order valence-electron chi connectivity index (χ0n) is 10.3. The Morgan fingerprint density at radius 1 is 1.21 bits per heavy atom. The van der Waals surface area contributed by atoms with E-state index in [1.807, 2.05) is 0 Å². The van der Waals surface area contributed by atoms with E-state index in [1.165, 1.54) is 0 Å². The number of piperazine rings is 1. The molecule has 0 spiro atoms. The van der Waals surface area contributed by atoms with Gasteiger partial charge in [0.15, 0.2) is 0 Å². The number of amides is 2. The van der Waals surface area contributed by atoms with Crippen molar-refractivity contribution in [1.29, 1.82) is 0 Å². The van der Waals surface area contributed by atoms with Crippen LogP contribution in [0.2, 0.25) is 0 Å². The van der Waals surface area contributed by atoms with Crippen LogP contribution in [0, 0.1) is 0 Å². The van der Waals surface area contributed by atoms with Crippen molar-refractivity contribution in [3.63, 3.8) is 0 Å². The third-order valence-electron chi connectivity index (χ3n) is 2.94. The predicted octanol–water partition coefficient (Wildman–Crippen LogP) is 1.03. The van der Waals surface area contributed by atoms with Gasteiger partial charge in [0.2, 0.25) is 5.91 Å². The van der Waals surface area contributed by atoms with E-state index < -0.39 is 0 Å². The van der Waals surface area contributed by atoms with Gasteiger partial charge in [-0.15, -0.1) is 24.0 Å². The third-order valence-corrected chi connectivity index (χ3v) is 3.17. The summed E-state index contributed by atoms with van der Waals surface area (Å²) in [7, 11) is 0. The van der Waals surface area contributed by atoms with Gasteiger partial charge < -0.3 is 9.80 Å². The first kappa shape index (κ1) is 15.7. The Labute approximate surface area is 122 Å². The van der Waals surface area contributed by atoms with Crippen LogP contribution in [0.3, 0.4) is 0 Å². The number of pyridine rings is 1. The predicted molar refractivity (Wildman–Crippen MR) is 74.7 cm³/mol. The first-order chi connectivity index (χ1) is 8.72. The number of aromatic nitrogens is 1. The van der Waals surface area contributed by atoms with Gasteiger partial charge in [0.25, 0.3) is 5.91 Å². The van der Waals surface area contributed by atoms with Gasteiger partial charge in [-0.05, 0) is 12.1 Å². The lowest BCUT2D eigenvalue weighted by Gasteiger charge is -2.34. The molecule has 0 aliphatic carbocycles. The van der Waals surface area contributed by atoms with Gasteiger partial charge in [0.05, 0.1) is 5.56 Å². The molecular weight excluding hydrogens is 289 g/mol. The monoisotopic (exact) mass is 303 g/mol. The van der Waals surface area contributed by atoms with E-state index in [4.69, 9.17) is 11.6 Å². The van der Waals surface area contributed by atoms with Crippen molar-refractivity contribution in [2.45, 2.75) is 0 Å². The SMILES string of the molecule is Cl.O=C(CCl)N1CCN(C(=O)c2cccnc2)CC1. The molecule has 1 saturated heterocycles. The quantitative estimate of drug-likeness (QED) is 0.767. The molecule has 1 aromatic heterocycles. The van der Waals surface area contributed by atoms with Crippen molar-refractivity contribution in [3.05, 3.63) is 30.1 Å². The van der Waals surface area contributed by atoms with Crippen molar-refractivity contribution in [1.82, 2.24) is 14.8 Å². The molecule has 2 amide bonds. The van der Waals surface area contributed by atoms with Gasteiger partial charge >= 0.3 is 0 Å². The fourth-order valence-electron chi connectivity index (χ4n) is 1.92. The average Bonchev–Trinajstić information content (AvgIpc) is 2.47. The summed E-state index contributed by atoms with van der Waals surface area (Å²) in [6.45, 7) is 2.15. The standard InChI is InChI=1S/C12H14ClN3O2.ClH/c13-8-11(17)15-4-6-16(7-5-15)12(18)10-2-1-3-14-9-10;/h1-3,9H,4-8H2;1H. The molecule has 0 saturated carbocycles. The van der Waals surface area contributed by atoms with E-state index >= 15 is 0 Å². The van der Waals surface area contributed by atoms with Crippen LogP contribution in [0.5, 0.6) is 0 Å². The summed E-state index contributed by atoms with van der Waals surface area (Å²) in [6, 6.07) is 3.48. The van der Waals surface area contributed by atoms with E-state index in [-0.39, 0.29) is 30.1 Å². The Bertz CT molecular complexity index is 434. The number of carbonyl (C=O) groups is 2. The molecule has 0 N–H and O–H groups in total. The highest BCUT2D eigenvalue weighted by Crippen LogP contribution is 2.08. The zero-order chi connectivity index (χ0) is 13.0. The Morgan fingerprint density at radius 3 is 2.37 bits per heavy atom. The first-order valence-electron chi connectivity index (χ1n) is 5.75. The molecule has 2 heterocycles. The summed E-state index contributed by atoms with van der Waals surface area (Å²) < 4.78 is 0. The number of halogens is 2. The molecule has 1 aromatic rings. The second-order valence-electron chi connectivity index (χ2n) is 4.05. The summed E-state index contributed by atoms with van der Waals surface area (Å²) in [5.41, 5.74) is 0.578. The molecule has 0 unspecified atom stereocenters. The molecule has 1 fully saturated rings. The highest BCUT2D eigenvalue weighted by Gasteiger charge is 2.24. The van der Waals surface area contributed by atoms with E-state index in [9.17, 15) is 9.59 Å². The number of nitrogens with zero attached hydrogens (tertiary/aromatic N) is 3. The first-order valence-corrected chi connectivity index (χ1v) is 6.29. The van der Waals surface area contributed by atoms with Gasteiger partial charge in [0, 0.05) is 38.6 Å². The van der Waals surface area contributed by atoms with Crippen molar-refractivity contribution >= 4 is 35.8 Å². The van der Waals surface area contributed by atoms with Crippen molar-refractivity contribution in [2.75, 3.05) is 32.1 Å². The summed E-state index contributed by atoms with van der Waals surface area (Å²) in [5, 5.41) is 0. The molecule has 0 bridgehead atoms. The molecule has 1 aliphatic rings. The highest BCUT2D eigenvalue weighted by atomic mass is 35.5. The largest absolute Gasteiger partial charge is 0.338 e. The maximum atomic E-state index is 12.1. The van der Waals surface area contributed by atoms with Crippen molar-refractivity contribution in [2.24, 2.45) is 0 Å². The van der Waals surface area contributed by atoms with Crippen LogP contribution in [0.15, 0.2) is 24.5 Å².